The van der Waals surface area contributed by atoms with Crippen LogP contribution in [0.5, 0.6) is 0 Å². The number of Topliss-reactive ketones (excluding diaryl/α,β-unsaturated/α-hetero) is 1. The summed E-state index contributed by atoms with van der Waals surface area (Å²) in [6.45, 7) is 8.78. The smallest absolute Gasteiger partial charge is 0.152 e. The van der Waals surface area contributed by atoms with E-state index in [-0.39, 0.29) is 12.0 Å². The fourth-order valence-corrected chi connectivity index (χ4v) is 4.88. The van der Waals surface area contributed by atoms with E-state index in [0.717, 1.165) is 5.92 Å². The molecule has 1 heterocycles. The molecule has 96 valence electrons. The van der Waals surface area contributed by atoms with E-state index in [9.17, 15) is 4.79 Å². The van der Waals surface area contributed by atoms with Gasteiger partial charge in [0, 0.05) is 17.4 Å². The van der Waals surface area contributed by atoms with Gasteiger partial charge < -0.3 is 5.32 Å². The largest absolute Gasteiger partial charge is 0.301 e. The van der Waals surface area contributed by atoms with E-state index in [2.05, 4.69) is 19.2 Å². The van der Waals surface area contributed by atoms with Crippen LogP contribution in [0.2, 0.25) is 0 Å². The molecule has 17 heavy (non-hydrogen) atoms. The summed E-state index contributed by atoms with van der Waals surface area (Å²) in [6, 6.07) is 0.158. The Morgan fingerprint density at radius 1 is 1.47 bits per heavy atom. The zero-order valence-corrected chi connectivity index (χ0v) is 11.5. The molecule has 1 N–H and O–H groups in total. The van der Waals surface area contributed by atoms with Crippen LogP contribution >= 0.6 is 0 Å². The van der Waals surface area contributed by atoms with Crippen molar-refractivity contribution in [3.05, 3.63) is 0 Å². The van der Waals surface area contributed by atoms with E-state index < -0.39 is 0 Å². The first-order valence-corrected chi connectivity index (χ1v) is 7.26. The van der Waals surface area contributed by atoms with Crippen molar-refractivity contribution >= 4 is 5.78 Å². The Bertz CT molecular complexity index is 364. The third-order valence-electron chi connectivity index (χ3n) is 6.09. The van der Waals surface area contributed by atoms with Crippen LogP contribution in [-0.4, -0.2) is 17.4 Å². The van der Waals surface area contributed by atoms with Gasteiger partial charge in [-0.3, -0.25) is 4.79 Å². The van der Waals surface area contributed by atoms with Crippen molar-refractivity contribution in [1.82, 2.24) is 5.32 Å². The fraction of sp³-hybridized carbons (Fsp3) is 0.933. The lowest BCUT2D eigenvalue weighted by molar-refractivity contribution is -0.141. The molecule has 2 aliphatic carbocycles. The molecule has 3 rings (SSSR count). The normalized spacial score (nSPS) is 51.5. The summed E-state index contributed by atoms with van der Waals surface area (Å²) in [7, 11) is 0. The minimum Gasteiger partial charge on any atom is -0.301 e. The zero-order valence-electron chi connectivity index (χ0n) is 11.5. The Hall–Kier alpha value is -0.370. The number of hydrogen-bond acceptors (Lipinski definition) is 2. The zero-order chi connectivity index (χ0) is 12.4. The molecule has 2 unspecified atom stereocenters. The predicted molar refractivity (Wildman–Crippen MR) is 68.7 cm³/mol. The van der Waals surface area contributed by atoms with Crippen molar-refractivity contribution in [3.63, 3.8) is 0 Å². The van der Waals surface area contributed by atoms with Crippen LogP contribution in [0.4, 0.5) is 0 Å². The average Bonchev–Trinajstić information content (AvgIpc) is 2.34. The number of hydrogen-bond donors (Lipinski definition) is 1. The molecule has 3 aliphatic rings. The fourth-order valence-electron chi connectivity index (χ4n) is 4.88. The molecule has 0 amide bonds. The first-order chi connectivity index (χ1) is 7.94. The van der Waals surface area contributed by atoms with Crippen molar-refractivity contribution in [3.8, 4) is 0 Å². The average molecular weight is 235 g/mol. The molecule has 1 aliphatic heterocycles. The Kier molecular flexibility index (Phi) is 2.30. The Morgan fingerprint density at radius 3 is 2.65 bits per heavy atom. The van der Waals surface area contributed by atoms with Gasteiger partial charge in [-0.05, 0) is 30.6 Å². The quantitative estimate of drug-likeness (QED) is 0.815. The van der Waals surface area contributed by atoms with Crippen LogP contribution in [0.25, 0.3) is 0 Å². The van der Waals surface area contributed by atoms with Gasteiger partial charge in [0.05, 0.1) is 6.04 Å². The van der Waals surface area contributed by atoms with Crippen molar-refractivity contribution in [2.45, 2.75) is 65.0 Å². The molecular weight excluding hydrogens is 210 g/mol. The summed E-state index contributed by atoms with van der Waals surface area (Å²) < 4.78 is 0. The summed E-state index contributed by atoms with van der Waals surface area (Å²) in [6.07, 6.45) is 5.24. The minimum absolute atomic E-state index is 0.158. The molecule has 2 saturated carbocycles. The van der Waals surface area contributed by atoms with Gasteiger partial charge in [0.15, 0.2) is 5.78 Å². The molecule has 1 spiro atoms. The first kappa shape index (κ1) is 11.7. The molecule has 0 aromatic heterocycles. The molecule has 0 bridgehead atoms. The van der Waals surface area contributed by atoms with E-state index in [0.29, 0.717) is 22.7 Å². The van der Waals surface area contributed by atoms with E-state index in [1.54, 1.807) is 0 Å². The van der Waals surface area contributed by atoms with Gasteiger partial charge in [0.2, 0.25) is 0 Å². The number of carbonyl (C=O) groups excluding carboxylic acids is 1. The van der Waals surface area contributed by atoms with Crippen LogP contribution in [0.3, 0.4) is 0 Å². The second-order valence-corrected chi connectivity index (χ2v) is 7.14. The molecule has 2 nitrogen and oxygen atoms in total. The summed E-state index contributed by atoms with van der Waals surface area (Å²) >= 11 is 0. The van der Waals surface area contributed by atoms with Crippen LogP contribution in [0, 0.1) is 23.2 Å². The highest BCUT2D eigenvalue weighted by molar-refractivity contribution is 5.88. The van der Waals surface area contributed by atoms with Crippen molar-refractivity contribution < 1.29 is 4.79 Å². The highest BCUT2D eigenvalue weighted by Gasteiger charge is 2.72. The third-order valence-corrected chi connectivity index (χ3v) is 6.09. The van der Waals surface area contributed by atoms with Gasteiger partial charge in [-0.1, -0.05) is 34.1 Å². The molecule has 3 fully saturated rings. The van der Waals surface area contributed by atoms with Gasteiger partial charge in [0.1, 0.15) is 0 Å². The lowest BCUT2D eigenvalue weighted by Crippen LogP contribution is -2.79. The SMILES string of the molecule is CC[C@]1(C)C[C@@H]2CCC23NC(C(=O)C(C)C)[C@H]31. The Morgan fingerprint density at radius 2 is 2.18 bits per heavy atom. The van der Waals surface area contributed by atoms with Crippen molar-refractivity contribution in [1.29, 1.82) is 0 Å². The molecule has 1 saturated heterocycles. The summed E-state index contributed by atoms with van der Waals surface area (Å²) in [5.41, 5.74) is 0.779. The second kappa shape index (κ2) is 3.34. The Labute approximate surface area is 105 Å². The first-order valence-electron chi connectivity index (χ1n) is 7.26. The van der Waals surface area contributed by atoms with Crippen LogP contribution in [-0.2, 0) is 4.79 Å². The maximum absolute atomic E-state index is 12.3. The monoisotopic (exact) mass is 235 g/mol. The number of ketones is 1. The number of carbonyl (C=O) groups is 1. The highest BCUT2D eigenvalue weighted by Crippen LogP contribution is 2.68. The maximum atomic E-state index is 12.3. The van der Waals surface area contributed by atoms with Crippen LogP contribution < -0.4 is 5.32 Å². The van der Waals surface area contributed by atoms with Gasteiger partial charge in [-0.15, -0.1) is 0 Å². The van der Waals surface area contributed by atoms with E-state index in [4.69, 9.17) is 0 Å². The van der Waals surface area contributed by atoms with E-state index in [1.165, 1.54) is 25.7 Å². The van der Waals surface area contributed by atoms with Gasteiger partial charge in [-0.25, -0.2) is 0 Å². The summed E-state index contributed by atoms with van der Waals surface area (Å²) in [5.74, 6) is 2.08. The number of nitrogens with one attached hydrogen (secondary N) is 1. The van der Waals surface area contributed by atoms with Crippen molar-refractivity contribution in [2.24, 2.45) is 23.2 Å². The topological polar surface area (TPSA) is 29.1 Å². The van der Waals surface area contributed by atoms with Gasteiger partial charge in [0.25, 0.3) is 0 Å². The molecule has 0 aromatic rings. The molecule has 5 atom stereocenters. The maximum Gasteiger partial charge on any atom is 0.152 e. The van der Waals surface area contributed by atoms with Gasteiger partial charge in [-0.2, -0.15) is 0 Å². The summed E-state index contributed by atoms with van der Waals surface area (Å²) in [5, 5.41) is 3.68. The second-order valence-electron chi connectivity index (χ2n) is 7.14. The van der Waals surface area contributed by atoms with Crippen molar-refractivity contribution in [2.75, 3.05) is 0 Å². The molecule has 0 aromatic carbocycles. The lowest BCUT2D eigenvalue weighted by Gasteiger charge is -2.63. The third kappa shape index (κ3) is 1.23. The predicted octanol–water partition coefficient (Wildman–Crippen LogP) is 2.77. The molecule has 2 heteroatoms. The number of rotatable bonds is 3. The van der Waals surface area contributed by atoms with Gasteiger partial charge >= 0.3 is 0 Å². The minimum atomic E-state index is 0.158. The molecular formula is C15H25NO. The molecule has 0 radical (unpaired) electrons. The van der Waals surface area contributed by atoms with Crippen LogP contribution in [0.1, 0.15) is 53.4 Å². The summed E-state index contributed by atoms with van der Waals surface area (Å²) in [4.78, 5) is 12.3. The van der Waals surface area contributed by atoms with Crippen LogP contribution in [0.15, 0.2) is 0 Å². The lowest BCUT2D eigenvalue weighted by atomic mass is 9.54. The highest BCUT2D eigenvalue weighted by atomic mass is 16.1. The van der Waals surface area contributed by atoms with E-state index in [1.807, 2.05) is 13.8 Å². The Balaban J connectivity index is 1.88. The van der Waals surface area contributed by atoms with E-state index >= 15 is 0 Å². The standard InChI is InChI=1S/C15H25NO/c1-5-14(4)8-10-6-7-15(10)13(14)11(16-15)12(17)9(2)3/h9-11,13,16H,5-8H2,1-4H3/t10-,11?,13-,14+,15?/m0/s1.